The summed E-state index contributed by atoms with van der Waals surface area (Å²) in [5, 5.41) is 5.82. The van der Waals surface area contributed by atoms with Crippen LogP contribution in [0.3, 0.4) is 0 Å². The van der Waals surface area contributed by atoms with Crippen LogP contribution in [0.4, 0.5) is 10.5 Å². The molecule has 2 amide bonds. The van der Waals surface area contributed by atoms with Gasteiger partial charge in [0.15, 0.2) is 0 Å². The van der Waals surface area contributed by atoms with E-state index in [2.05, 4.69) is 43.5 Å². The third kappa shape index (κ3) is 5.05. The molecule has 0 unspecified atom stereocenters. The summed E-state index contributed by atoms with van der Waals surface area (Å²) in [4.78, 5) is 11.9. The summed E-state index contributed by atoms with van der Waals surface area (Å²) in [6.07, 6.45) is 2.06. The largest absolute Gasteiger partial charge is 0.381 e. The number of urea groups is 1. The molecular weight excluding hydrogens is 264 g/mol. The molecule has 0 aromatic heterocycles. The molecule has 1 fully saturated rings. The highest BCUT2D eigenvalue weighted by Gasteiger charge is 2.15. The topological polar surface area (TPSA) is 50.4 Å². The Hall–Kier alpha value is -1.55. The van der Waals surface area contributed by atoms with Crippen LogP contribution in [-0.2, 0) is 10.2 Å². The highest BCUT2D eigenvalue weighted by molar-refractivity contribution is 5.89. The van der Waals surface area contributed by atoms with Crippen LogP contribution in [0.1, 0.15) is 39.2 Å². The van der Waals surface area contributed by atoms with Gasteiger partial charge in [-0.3, -0.25) is 0 Å². The van der Waals surface area contributed by atoms with Gasteiger partial charge in [-0.2, -0.15) is 0 Å². The van der Waals surface area contributed by atoms with E-state index in [1.165, 1.54) is 5.56 Å². The molecule has 1 aromatic carbocycles. The third-order valence-corrected chi connectivity index (χ3v) is 3.90. The molecule has 1 aromatic rings. The summed E-state index contributed by atoms with van der Waals surface area (Å²) in [6, 6.07) is 7.90. The smallest absolute Gasteiger partial charge is 0.319 e. The minimum Gasteiger partial charge on any atom is -0.381 e. The number of hydrogen-bond acceptors (Lipinski definition) is 2. The molecule has 116 valence electrons. The lowest BCUT2D eigenvalue weighted by atomic mass is 9.87. The highest BCUT2D eigenvalue weighted by atomic mass is 16.5. The SMILES string of the molecule is CC(C)(C)c1ccc(NC(=O)NCC2CCOCC2)cc1. The van der Waals surface area contributed by atoms with Gasteiger partial charge in [-0.05, 0) is 41.9 Å². The predicted octanol–water partition coefficient (Wildman–Crippen LogP) is 3.53. The lowest BCUT2D eigenvalue weighted by molar-refractivity contribution is 0.0671. The zero-order valence-electron chi connectivity index (χ0n) is 13.2. The summed E-state index contributed by atoms with van der Waals surface area (Å²) < 4.78 is 5.31. The second kappa shape index (κ2) is 6.94. The molecule has 0 aliphatic carbocycles. The van der Waals surface area contributed by atoms with Gasteiger partial charge in [0.05, 0.1) is 0 Å². The number of carbonyl (C=O) groups is 1. The van der Waals surface area contributed by atoms with E-state index in [0.717, 1.165) is 38.3 Å². The van der Waals surface area contributed by atoms with Crippen molar-refractivity contribution in [1.29, 1.82) is 0 Å². The molecule has 0 spiro atoms. The Morgan fingerprint density at radius 1 is 1.19 bits per heavy atom. The lowest BCUT2D eigenvalue weighted by Crippen LogP contribution is -2.35. The average molecular weight is 290 g/mol. The molecule has 1 saturated heterocycles. The molecule has 4 nitrogen and oxygen atoms in total. The zero-order valence-corrected chi connectivity index (χ0v) is 13.2. The summed E-state index contributed by atoms with van der Waals surface area (Å²) in [5.41, 5.74) is 2.22. The van der Waals surface area contributed by atoms with Crippen molar-refractivity contribution in [3.63, 3.8) is 0 Å². The molecular formula is C17H26N2O2. The van der Waals surface area contributed by atoms with Gasteiger partial charge in [0.25, 0.3) is 0 Å². The summed E-state index contributed by atoms with van der Waals surface area (Å²) in [7, 11) is 0. The van der Waals surface area contributed by atoms with E-state index >= 15 is 0 Å². The Morgan fingerprint density at radius 2 is 1.81 bits per heavy atom. The Kier molecular flexibility index (Phi) is 5.23. The number of hydrogen-bond donors (Lipinski definition) is 2. The Morgan fingerprint density at radius 3 is 2.38 bits per heavy atom. The first kappa shape index (κ1) is 15.8. The first-order valence-electron chi connectivity index (χ1n) is 7.68. The van der Waals surface area contributed by atoms with Crippen molar-refractivity contribution >= 4 is 11.7 Å². The quantitative estimate of drug-likeness (QED) is 0.894. The van der Waals surface area contributed by atoms with Crippen LogP contribution in [0, 0.1) is 5.92 Å². The van der Waals surface area contributed by atoms with Gasteiger partial charge in [0.2, 0.25) is 0 Å². The Labute approximate surface area is 127 Å². The molecule has 1 aliphatic heterocycles. The van der Waals surface area contributed by atoms with E-state index in [4.69, 9.17) is 4.74 Å². The Balaban J connectivity index is 1.79. The molecule has 2 rings (SSSR count). The first-order valence-corrected chi connectivity index (χ1v) is 7.68. The fourth-order valence-corrected chi connectivity index (χ4v) is 2.42. The van der Waals surface area contributed by atoms with Crippen LogP contribution >= 0.6 is 0 Å². The number of amides is 2. The van der Waals surface area contributed by atoms with Gasteiger partial charge in [0, 0.05) is 25.4 Å². The van der Waals surface area contributed by atoms with Gasteiger partial charge in [-0.1, -0.05) is 32.9 Å². The normalized spacial score (nSPS) is 16.5. The summed E-state index contributed by atoms with van der Waals surface area (Å²) >= 11 is 0. The maximum atomic E-state index is 11.9. The number of ether oxygens (including phenoxy) is 1. The molecule has 4 heteroatoms. The number of nitrogens with one attached hydrogen (secondary N) is 2. The maximum absolute atomic E-state index is 11.9. The van der Waals surface area contributed by atoms with Crippen molar-refractivity contribution in [2.45, 2.75) is 39.0 Å². The van der Waals surface area contributed by atoms with Crippen molar-refractivity contribution < 1.29 is 9.53 Å². The molecule has 1 heterocycles. The highest BCUT2D eigenvalue weighted by Crippen LogP contribution is 2.23. The zero-order chi connectivity index (χ0) is 15.3. The van der Waals surface area contributed by atoms with Gasteiger partial charge in [0.1, 0.15) is 0 Å². The van der Waals surface area contributed by atoms with Crippen molar-refractivity contribution in [1.82, 2.24) is 5.32 Å². The number of benzene rings is 1. The third-order valence-electron chi connectivity index (χ3n) is 3.90. The molecule has 2 N–H and O–H groups in total. The van der Waals surface area contributed by atoms with E-state index in [1.54, 1.807) is 0 Å². The molecule has 0 saturated carbocycles. The summed E-state index contributed by atoms with van der Waals surface area (Å²) in [6.45, 7) is 8.86. The predicted molar refractivity (Wildman–Crippen MR) is 85.7 cm³/mol. The standard InChI is InChI=1S/C17H26N2O2/c1-17(2,3)14-4-6-15(7-5-14)19-16(20)18-12-13-8-10-21-11-9-13/h4-7,13H,8-12H2,1-3H3,(H2,18,19,20). The van der Waals surface area contributed by atoms with E-state index in [9.17, 15) is 4.79 Å². The maximum Gasteiger partial charge on any atom is 0.319 e. The Bertz CT molecular complexity index is 457. The van der Waals surface area contributed by atoms with Gasteiger partial charge < -0.3 is 15.4 Å². The number of carbonyl (C=O) groups excluding carboxylic acids is 1. The minimum absolute atomic E-state index is 0.129. The molecule has 0 radical (unpaired) electrons. The number of anilines is 1. The molecule has 0 atom stereocenters. The molecule has 21 heavy (non-hydrogen) atoms. The van der Waals surface area contributed by atoms with Crippen molar-refractivity contribution in [3.8, 4) is 0 Å². The molecule has 0 bridgehead atoms. The van der Waals surface area contributed by atoms with Crippen LogP contribution in [0.15, 0.2) is 24.3 Å². The van der Waals surface area contributed by atoms with Crippen LogP contribution in [0.2, 0.25) is 0 Å². The van der Waals surface area contributed by atoms with Crippen molar-refractivity contribution in [2.75, 3.05) is 25.1 Å². The van der Waals surface area contributed by atoms with Crippen molar-refractivity contribution in [2.24, 2.45) is 5.92 Å². The van der Waals surface area contributed by atoms with Crippen LogP contribution in [-0.4, -0.2) is 25.8 Å². The molecule has 1 aliphatic rings. The summed E-state index contributed by atoms with van der Waals surface area (Å²) in [5.74, 6) is 0.535. The van der Waals surface area contributed by atoms with Gasteiger partial charge in [-0.15, -0.1) is 0 Å². The van der Waals surface area contributed by atoms with Crippen molar-refractivity contribution in [3.05, 3.63) is 29.8 Å². The van der Waals surface area contributed by atoms with Gasteiger partial charge >= 0.3 is 6.03 Å². The van der Waals surface area contributed by atoms with Gasteiger partial charge in [-0.25, -0.2) is 4.79 Å². The van der Waals surface area contributed by atoms with Crippen LogP contribution in [0.5, 0.6) is 0 Å². The average Bonchev–Trinajstić information content (AvgIpc) is 2.46. The minimum atomic E-state index is -0.134. The van der Waals surface area contributed by atoms with E-state index < -0.39 is 0 Å². The van der Waals surface area contributed by atoms with E-state index in [0.29, 0.717) is 5.92 Å². The van der Waals surface area contributed by atoms with E-state index in [1.807, 2.05) is 12.1 Å². The first-order chi connectivity index (χ1) is 9.95. The number of rotatable bonds is 3. The van der Waals surface area contributed by atoms with Crippen LogP contribution < -0.4 is 10.6 Å². The van der Waals surface area contributed by atoms with Crippen LogP contribution in [0.25, 0.3) is 0 Å². The lowest BCUT2D eigenvalue weighted by Gasteiger charge is -2.22. The monoisotopic (exact) mass is 290 g/mol. The second-order valence-electron chi connectivity index (χ2n) is 6.72. The fraction of sp³-hybridized carbons (Fsp3) is 0.588. The fourth-order valence-electron chi connectivity index (χ4n) is 2.42. The van der Waals surface area contributed by atoms with E-state index in [-0.39, 0.29) is 11.4 Å². The second-order valence-corrected chi connectivity index (χ2v) is 6.72.